The van der Waals surface area contributed by atoms with Gasteiger partial charge in [0.25, 0.3) is 5.91 Å². The SMILES string of the molecule is Cc1ccc(NC(=O)CCC(=O)NNC(=O)c2ccc(OCCC(C)C)cc2)c(C)c1. The number of amides is 3. The van der Waals surface area contributed by atoms with E-state index in [0.717, 1.165) is 23.2 Å². The summed E-state index contributed by atoms with van der Waals surface area (Å²) >= 11 is 0. The first kappa shape index (κ1) is 23.9. The monoisotopic (exact) mass is 425 g/mol. The van der Waals surface area contributed by atoms with Crippen molar-refractivity contribution in [3.63, 3.8) is 0 Å². The van der Waals surface area contributed by atoms with Crippen LogP contribution in [-0.4, -0.2) is 24.3 Å². The lowest BCUT2D eigenvalue weighted by molar-refractivity contribution is -0.124. The first-order valence-corrected chi connectivity index (χ1v) is 10.4. The number of hydrogen-bond acceptors (Lipinski definition) is 4. The van der Waals surface area contributed by atoms with Crippen molar-refractivity contribution in [3.8, 4) is 5.75 Å². The van der Waals surface area contributed by atoms with E-state index < -0.39 is 11.8 Å². The minimum Gasteiger partial charge on any atom is -0.494 e. The molecule has 2 aromatic rings. The molecule has 2 rings (SSSR count). The first-order chi connectivity index (χ1) is 14.7. The molecule has 2 aromatic carbocycles. The fraction of sp³-hybridized carbons (Fsp3) is 0.375. The number of carbonyl (C=O) groups is 3. The molecule has 0 atom stereocenters. The predicted octanol–water partition coefficient (Wildman–Crippen LogP) is 3.91. The average molecular weight is 426 g/mol. The van der Waals surface area contributed by atoms with Gasteiger partial charge in [0, 0.05) is 24.1 Å². The molecule has 0 saturated carbocycles. The summed E-state index contributed by atoms with van der Waals surface area (Å²) in [5.41, 5.74) is 7.87. The van der Waals surface area contributed by atoms with Crippen LogP contribution in [0.4, 0.5) is 5.69 Å². The molecular weight excluding hydrogens is 394 g/mol. The zero-order chi connectivity index (χ0) is 22.8. The van der Waals surface area contributed by atoms with Crippen molar-refractivity contribution in [2.45, 2.75) is 47.0 Å². The molecule has 0 aliphatic heterocycles. The maximum Gasteiger partial charge on any atom is 0.269 e. The van der Waals surface area contributed by atoms with Crippen molar-refractivity contribution in [3.05, 3.63) is 59.2 Å². The Bertz CT molecular complexity index is 908. The quantitative estimate of drug-likeness (QED) is 0.531. The molecule has 3 amide bonds. The lowest BCUT2D eigenvalue weighted by Gasteiger charge is -2.10. The Morgan fingerprint density at radius 1 is 0.903 bits per heavy atom. The molecule has 0 unspecified atom stereocenters. The van der Waals surface area contributed by atoms with Gasteiger partial charge in [-0.3, -0.25) is 25.2 Å². The van der Waals surface area contributed by atoms with Crippen LogP contribution in [0.1, 0.15) is 54.6 Å². The van der Waals surface area contributed by atoms with Gasteiger partial charge in [-0.15, -0.1) is 0 Å². The fourth-order valence-electron chi connectivity index (χ4n) is 2.77. The molecule has 7 nitrogen and oxygen atoms in total. The van der Waals surface area contributed by atoms with Gasteiger partial charge in [-0.25, -0.2) is 0 Å². The normalized spacial score (nSPS) is 10.5. The van der Waals surface area contributed by atoms with Gasteiger partial charge in [0.15, 0.2) is 0 Å². The van der Waals surface area contributed by atoms with E-state index in [1.807, 2.05) is 32.0 Å². The van der Waals surface area contributed by atoms with Crippen molar-refractivity contribution >= 4 is 23.4 Å². The smallest absolute Gasteiger partial charge is 0.269 e. The molecule has 0 spiro atoms. The van der Waals surface area contributed by atoms with Crippen LogP contribution < -0.4 is 20.9 Å². The second-order valence-electron chi connectivity index (χ2n) is 7.92. The number of hydrogen-bond donors (Lipinski definition) is 3. The van der Waals surface area contributed by atoms with Crippen LogP contribution in [0.15, 0.2) is 42.5 Å². The van der Waals surface area contributed by atoms with E-state index in [9.17, 15) is 14.4 Å². The summed E-state index contributed by atoms with van der Waals surface area (Å²) in [7, 11) is 0. The summed E-state index contributed by atoms with van der Waals surface area (Å²) in [4.78, 5) is 36.2. The predicted molar refractivity (Wildman–Crippen MR) is 121 cm³/mol. The number of benzene rings is 2. The summed E-state index contributed by atoms with van der Waals surface area (Å²) in [5.74, 6) is 0.101. The highest BCUT2D eigenvalue weighted by molar-refractivity contribution is 5.96. The van der Waals surface area contributed by atoms with E-state index in [4.69, 9.17) is 4.74 Å². The Balaban J connectivity index is 1.71. The lowest BCUT2D eigenvalue weighted by atomic mass is 10.1. The molecule has 31 heavy (non-hydrogen) atoms. The highest BCUT2D eigenvalue weighted by Crippen LogP contribution is 2.16. The summed E-state index contributed by atoms with van der Waals surface area (Å²) in [5, 5.41) is 2.79. The van der Waals surface area contributed by atoms with E-state index in [2.05, 4.69) is 30.0 Å². The second-order valence-corrected chi connectivity index (χ2v) is 7.92. The molecule has 3 N–H and O–H groups in total. The van der Waals surface area contributed by atoms with Crippen LogP contribution in [-0.2, 0) is 9.59 Å². The Labute approximate surface area is 183 Å². The summed E-state index contributed by atoms with van der Waals surface area (Å²) in [6.07, 6.45) is 0.925. The largest absolute Gasteiger partial charge is 0.494 e. The third kappa shape index (κ3) is 8.50. The Hall–Kier alpha value is -3.35. The third-order valence-corrected chi connectivity index (χ3v) is 4.63. The van der Waals surface area contributed by atoms with Crippen molar-refractivity contribution in [1.29, 1.82) is 0 Å². The van der Waals surface area contributed by atoms with Crippen LogP contribution in [0.2, 0.25) is 0 Å². The van der Waals surface area contributed by atoms with Crippen LogP contribution >= 0.6 is 0 Å². The highest BCUT2D eigenvalue weighted by Gasteiger charge is 2.11. The van der Waals surface area contributed by atoms with Gasteiger partial charge in [0.1, 0.15) is 5.75 Å². The third-order valence-electron chi connectivity index (χ3n) is 4.63. The van der Waals surface area contributed by atoms with E-state index in [1.54, 1.807) is 24.3 Å². The Kier molecular flexibility index (Phi) is 9.06. The molecule has 0 radical (unpaired) electrons. The van der Waals surface area contributed by atoms with Gasteiger partial charge < -0.3 is 10.1 Å². The van der Waals surface area contributed by atoms with Crippen LogP contribution in [0.25, 0.3) is 0 Å². The molecule has 7 heteroatoms. The summed E-state index contributed by atoms with van der Waals surface area (Å²) < 4.78 is 5.62. The molecule has 0 aliphatic carbocycles. The second kappa shape index (κ2) is 11.7. The maximum atomic E-state index is 12.2. The minimum atomic E-state index is -0.447. The Morgan fingerprint density at radius 2 is 1.58 bits per heavy atom. The van der Waals surface area contributed by atoms with Gasteiger partial charge >= 0.3 is 0 Å². The van der Waals surface area contributed by atoms with Crippen LogP contribution in [0, 0.1) is 19.8 Å². The van der Waals surface area contributed by atoms with E-state index in [-0.39, 0.29) is 18.7 Å². The number of hydrazine groups is 1. The number of aryl methyl sites for hydroxylation is 2. The number of rotatable bonds is 9. The van der Waals surface area contributed by atoms with Gasteiger partial charge in [-0.05, 0) is 62.1 Å². The molecule has 0 bridgehead atoms. The zero-order valence-corrected chi connectivity index (χ0v) is 18.6. The zero-order valence-electron chi connectivity index (χ0n) is 18.6. The van der Waals surface area contributed by atoms with Gasteiger partial charge in [-0.2, -0.15) is 0 Å². The standard InChI is InChI=1S/C24H31N3O4/c1-16(2)13-14-31-20-8-6-19(7-9-20)24(30)27-26-23(29)12-11-22(28)25-21-10-5-17(3)15-18(21)4/h5-10,15-16H,11-14H2,1-4H3,(H,25,28)(H,26,29)(H,27,30). The van der Waals surface area contributed by atoms with Crippen LogP contribution in [0.5, 0.6) is 5.75 Å². The van der Waals surface area contributed by atoms with Crippen molar-refractivity contribution in [2.75, 3.05) is 11.9 Å². The van der Waals surface area contributed by atoms with E-state index in [0.29, 0.717) is 23.8 Å². The molecule has 0 heterocycles. The molecule has 0 saturated heterocycles. The lowest BCUT2D eigenvalue weighted by Crippen LogP contribution is -2.41. The number of carbonyl (C=O) groups excluding carboxylic acids is 3. The van der Waals surface area contributed by atoms with Gasteiger partial charge in [0.2, 0.25) is 11.8 Å². The van der Waals surface area contributed by atoms with Crippen molar-refractivity contribution in [1.82, 2.24) is 10.9 Å². The average Bonchev–Trinajstić information content (AvgIpc) is 2.73. The number of anilines is 1. The Morgan fingerprint density at radius 3 is 2.23 bits per heavy atom. The topological polar surface area (TPSA) is 96.5 Å². The minimum absolute atomic E-state index is 0.0113. The molecule has 0 fully saturated rings. The fourth-order valence-corrected chi connectivity index (χ4v) is 2.77. The molecule has 166 valence electrons. The number of nitrogens with one attached hydrogen (secondary N) is 3. The maximum absolute atomic E-state index is 12.2. The van der Waals surface area contributed by atoms with E-state index >= 15 is 0 Å². The molecular formula is C24H31N3O4. The van der Waals surface area contributed by atoms with Crippen molar-refractivity contribution < 1.29 is 19.1 Å². The van der Waals surface area contributed by atoms with Crippen molar-refractivity contribution in [2.24, 2.45) is 5.92 Å². The van der Waals surface area contributed by atoms with E-state index in [1.165, 1.54) is 0 Å². The summed E-state index contributed by atoms with van der Waals surface area (Å²) in [6, 6.07) is 12.4. The molecule has 0 aliphatic rings. The van der Waals surface area contributed by atoms with Gasteiger partial charge in [0.05, 0.1) is 6.61 Å². The first-order valence-electron chi connectivity index (χ1n) is 10.4. The van der Waals surface area contributed by atoms with Gasteiger partial charge in [-0.1, -0.05) is 31.5 Å². The number of ether oxygens (including phenoxy) is 1. The highest BCUT2D eigenvalue weighted by atomic mass is 16.5. The van der Waals surface area contributed by atoms with Crippen LogP contribution in [0.3, 0.4) is 0 Å². The molecule has 0 aromatic heterocycles. The summed E-state index contributed by atoms with van der Waals surface area (Å²) in [6.45, 7) is 8.77.